The lowest BCUT2D eigenvalue weighted by Gasteiger charge is -2.71. The van der Waals surface area contributed by atoms with Crippen molar-refractivity contribution in [1.29, 1.82) is 0 Å². The molecule has 0 aromatic rings. The Balaban J connectivity index is 1.34. The van der Waals surface area contributed by atoms with Crippen molar-refractivity contribution in [2.24, 2.45) is 50.2 Å². The van der Waals surface area contributed by atoms with Gasteiger partial charge in [0.25, 0.3) is 0 Å². The maximum atomic E-state index is 13.6. The molecule has 0 saturated heterocycles. The van der Waals surface area contributed by atoms with Crippen LogP contribution in [0.2, 0.25) is 0 Å². The molecule has 4 fully saturated rings. The molecule has 0 amide bonds. The van der Waals surface area contributed by atoms with Gasteiger partial charge in [0.2, 0.25) is 12.0 Å². The van der Waals surface area contributed by atoms with E-state index in [1.54, 1.807) is 0 Å². The van der Waals surface area contributed by atoms with E-state index in [2.05, 4.69) is 40.7 Å². The van der Waals surface area contributed by atoms with Crippen LogP contribution in [0.3, 0.4) is 0 Å². The number of fused-ring (bicyclic) bond motifs is 7. The zero-order valence-electron chi connectivity index (χ0n) is 30.1. The van der Waals surface area contributed by atoms with Crippen LogP contribution in [0.25, 0.3) is 0 Å². The van der Waals surface area contributed by atoms with Crippen molar-refractivity contribution >= 4 is 11.9 Å². The summed E-state index contributed by atoms with van der Waals surface area (Å²) in [4.78, 5) is 25.8. The van der Waals surface area contributed by atoms with Gasteiger partial charge in [-0.3, -0.25) is 4.79 Å². The summed E-state index contributed by atoms with van der Waals surface area (Å²) in [6.07, 6.45) is 4.68. The molecule has 1 aliphatic heterocycles. The molecule has 6 rings (SSSR count). The van der Waals surface area contributed by atoms with Crippen LogP contribution in [0.5, 0.6) is 0 Å². The number of aliphatic hydroxyl groups is 4. The smallest absolute Gasteiger partial charge is 0.373 e. The van der Waals surface area contributed by atoms with Gasteiger partial charge in [-0.2, -0.15) is 0 Å². The van der Waals surface area contributed by atoms with Gasteiger partial charge in [-0.05, 0) is 103 Å². The topological polar surface area (TPSA) is 152 Å². The lowest BCUT2D eigenvalue weighted by Crippen LogP contribution is -2.69. The van der Waals surface area contributed by atoms with Crippen molar-refractivity contribution < 1.29 is 49.0 Å². The maximum Gasteiger partial charge on any atom is 0.373 e. The highest BCUT2D eigenvalue weighted by molar-refractivity contribution is 5.86. The number of esters is 2. The summed E-state index contributed by atoms with van der Waals surface area (Å²) in [5, 5.41) is 44.3. The van der Waals surface area contributed by atoms with E-state index < -0.39 is 47.5 Å². The molecule has 13 atom stereocenters. The van der Waals surface area contributed by atoms with E-state index in [9.17, 15) is 30.0 Å². The number of rotatable bonds is 5. The fourth-order valence-electron chi connectivity index (χ4n) is 12.3. The van der Waals surface area contributed by atoms with Crippen LogP contribution >= 0.6 is 0 Å². The van der Waals surface area contributed by atoms with Crippen LogP contribution in [-0.4, -0.2) is 83.9 Å². The maximum absolute atomic E-state index is 13.6. The van der Waals surface area contributed by atoms with Gasteiger partial charge in [0.15, 0.2) is 0 Å². The van der Waals surface area contributed by atoms with Crippen molar-refractivity contribution in [2.45, 2.75) is 130 Å². The van der Waals surface area contributed by atoms with Crippen LogP contribution < -0.4 is 0 Å². The zero-order chi connectivity index (χ0) is 35.2. The number of carbonyl (C=O) groups is 2. The minimum Gasteiger partial charge on any atom is -0.469 e. The predicted molar refractivity (Wildman–Crippen MR) is 176 cm³/mol. The van der Waals surface area contributed by atoms with E-state index >= 15 is 0 Å². The number of aliphatic hydroxyl groups excluding tert-OH is 4. The Morgan fingerprint density at radius 2 is 1.60 bits per heavy atom. The standard InChI is InChI=1S/C38H58O10/c1-33(2)13-15-38(32(44)46-8)16-14-36(5)21(22(38)18-33)9-10-27-34(3)19-24(41)29(35(4,20-39)26(34)11-12-37(27,36)6)48-31-28(42)23(40)17-25(47-31)30(43)45-7/h9,17,22-24,26-29,31,39-42H,10-16,18-20H2,1-8H3. The first-order valence-corrected chi connectivity index (χ1v) is 17.9. The minimum absolute atomic E-state index is 0.0346. The van der Waals surface area contributed by atoms with Crippen molar-refractivity contribution in [3.05, 3.63) is 23.5 Å². The second-order valence-electron chi connectivity index (χ2n) is 17.8. The summed E-state index contributed by atoms with van der Waals surface area (Å²) in [5.74, 6) is -0.861. The Kier molecular flexibility index (Phi) is 8.80. The Labute approximate surface area is 285 Å². The van der Waals surface area contributed by atoms with Gasteiger partial charge in [0.1, 0.15) is 12.2 Å². The highest BCUT2D eigenvalue weighted by atomic mass is 16.7. The lowest BCUT2D eigenvalue weighted by atomic mass is 9.33. The van der Waals surface area contributed by atoms with Crippen LogP contribution in [0.4, 0.5) is 0 Å². The Morgan fingerprint density at radius 3 is 2.25 bits per heavy atom. The van der Waals surface area contributed by atoms with Gasteiger partial charge in [0, 0.05) is 5.41 Å². The van der Waals surface area contributed by atoms with E-state index in [0.29, 0.717) is 6.42 Å². The van der Waals surface area contributed by atoms with Gasteiger partial charge in [-0.25, -0.2) is 4.79 Å². The van der Waals surface area contributed by atoms with Gasteiger partial charge in [-0.15, -0.1) is 0 Å². The largest absolute Gasteiger partial charge is 0.469 e. The quantitative estimate of drug-likeness (QED) is 0.244. The van der Waals surface area contributed by atoms with E-state index in [0.717, 1.165) is 57.4 Å². The molecule has 270 valence electrons. The molecule has 0 aromatic heterocycles. The first-order valence-electron chi connectivity index (χ1n) is 17.9. The molecule has 0 bridgehead atoms. The highest BCUT2D eigenvalue weighted by Crippen LogP contribution is 2.76. The van der Waals surface area contributed by atoms with Crippen LogP contribution in [-0.2, 0) is 28.5 Å². The molecule has 0 aromatic carbocycles. The number of carbonyl (C=O) groups excluding carboxylic acids is 2. The first kappa shape index (κ1) is 35.8. The molecular weight excluding hydrogens is 616 g/mol. The second-order valence-corrected chi connectivity index (χ2v) is 17.8. The van der Waals surface area contributed by atoms with E-state index in [1.807, 2.05) is 6.92 Å². The van der Waals surface area contributed by atoms with Crippen LogP contribution in [0, 0.1) is 50.2 Å². The molecular formula is C38H58O10. The number of hydrogen-bond donors (Lipinski definition) is 4. The van der Waals surface area contributed by atoms with E-state index in [4.69, 9.17) is 18.9 Å². The zero-order valence-corrected chi connectivity index (χ0v) is 30.1. The average molecular weight is 675 g/mol. The molecule has 13 unspecified atom stereocenters. The number of ether oxygens (including phenoxy) is 4. The number of hydrogen-bond acceptors (Lipinski definition) is 10. The fraction of sp³-hybridized carbons (Fsp3) is 0.842. The third-order valence-corrected chi connectivity index (χ3v) is 15.1. The number of methoxy groups -OCH3 is 2. The Hall–Kier alpha value is -1.98. The SMILES string of the molecule is COC(=O)C1=CC(O)C(O)C(OC2C(O)CC3(C)C(CCC4(C)C3CC=C3C5CC(C)(C)CCC5(C(=O)OC)CCC34C)C2(C)CO)O1. The van der Waals surface area contributed by atoms with Gasteiger partial charge < -0.3 is 39.4 Å². The molecule has 48 heavy (non-hydrogen) atoms. The van der Waals surface area contributed by atoms with Crippen molar-refractivity contribution in [3.63, 3.8) is 0 Å². The monoisotopic (exact) mass is 674 g/mol. The highest BCUT2D eigenvalue weighted by Gasteiger charge is 2.71. The minimum atomic E-state index is -1.51. The summed E-state index contributed by atoms with van der Waals surface area (Å²) in [6, 6.07) is 0. The molecule has 4 saturated carbocycles. The van der Waals surface area contributed by atoms with Crippen molar-refractivity contribution in [3.8, 4) is 0 Å². The van der Waals surface area contributed by atoms with E-state index in [1.165, 1.54) is 19.8 Å². The summed E-state index contributed by atoms with van der Waals surface area (Å²) < 4.78 is 22.2. The van der Waals surface area contributed by atoms with Gasteiger partial charge in [0.05, 0.1) is 38.4 Å². The molecule has 5 aliphatic carbocycles. The summed E-state index contributed by atoms with van der Waals surface area (Å²) in [5.41, 5.74) is -0.453. The third-order valence-electron chi connectivity index (χ3n) is 15.1. The second kappa shape index (κ2) is 11.8. The molecule has 0 spiro atoms. The first-order chi connectivity index (χ1) is 22.4. The molecule has 6 aliphatic rings. The molecule has 0 radical (unpaired) electrons. The lowest BCUT2D eigenvalue weighted by molar-refractivity contribution is -0.303. The average Bonchev–Trinajstić information content (AvgIpc) is 3.03. The third kappa shape index (κ3) is 4.89. The summed E-state index contributed by atoms with van der Waals surface area (Å²) in [7, 11) is 2.71. The Morgan fingerprint density at radius 1 is 0.917 bits per heavy atom. The van der Waals surface area contributed by atoms with Crippen molar-refractivity contribution in [2.75, 3.05) is 20.8 Å². The molecule has 1 heterocycles. The van der Waals surface area contributed by atoms with Crippen LogP contribution in [0.1, 0.15) is 99.3 Å². The number of allylic oxidation sites excluding steroid dienone is 2. The summed E-state index contributed by atoms with van der Waals surface area (Å²) in [6.45, 7) is 13.5. The molecule has 10 heteroatoms. The van der Waals surface area contributed by atoms with Gasteiger partial charge >= 0.3 is 11.9 Å². The summed E-state index contributed by atoms with van der Waals surface area (Å²) >= 11 is 0. The Bertz CT molecular complexity index is 1370. The molecule has 4 N–H and O–H groups in total. The predicted octanol–water partition coefficient (Wildman–Crippen LogP) is 4.42. The molecule has 10 nitrogen and oxygen atoms in total. The van der Waals surface area contributed by atoms with E-state index in [-0.39, 0.29) is 57.7 Å². The normalized spacial score (nSPS) is 49.4. The van der Waals surface area contributed by atoms with Crippen LogP contribution in [0.15, 0.2) is 23.5 Å². The van der Waals surface area contributed by atoms with Crippen molar-refractivity contribution in [1.82, 2.24) is 0 Å². The van der Waals surface area contributed by atoms with Gasteiger partial charge in [-0.1, -0.05) is 53.2 Å². The fourth-order valence-corrected chi connectivity index (χ4v) is 12.3.